The predicted molar refractivity (Wildman–Crippen MR) is 135 cm³/mol. The van der Waals surface area contributed by atoms with Gasteiger partial charge in [-0.25, -0.2) is 13.9 Å². The van der Waals surface area contributed by atoms with Crippen LogP contribution in [-0.4, -0.2) is 26.8 Å². The Bertz CT molecular complexity index is 1430. The van der Waals surface area contributed by atoms with Crippen molar-refractivity contribution in [2.75, 3.05) is 5.32 Å². The average Bonchev–Trinajstić information content (AvgIpc) is 3.70. The maximum atomic E-state index is 14.5. The maximum absolute atomic E-state index is 14.5. The van der Waals surface area contributed by atoms with E-state index in [2.05, 4.69) is 15.4 Å². The lowest BCUT2D eigenvalue weighted by molar-refractivity contribution is -0.136. The summed E-state index contributed by atoms with van der Waals surface area (Å²) in [5.41, 5.74) is 3.28. The summed E-state index contributed by atoms with van der Waals surface area (Å²) >= 11 is 0. The second-order valence-electron chi connectivity index (χ2n) is 8.91. The van der Waals surface area contributed by atoms with Crippen LogP contribution in [-0.2, 0) is 9.53 Å². The van der Waals surface area contributed by atoms with Crippen LogP contribution in [0, 0.1) is 18.7 Å². The first-order valence-electron chi connectivity index (χ1n) is 11.9. The fraction of sp³-hybridized carbons (Fsp3) is 0.214. The summed E-state index contributed by atoms with van der Waals surface area (Å²) < 4.78 is 26.7. The van der Waals surface area contributed by atoms with Gasteiger partial charge in [-0.1, -0.05) is 30.3 Å². The highest BCUT2D eigenvalue weighted by Gasteiger charge is 2.32. The molecule has 188 valence electrons. The van der Waals surface area contributed by atoms with E-state index in [-0.39, 0.29) is 11.7 Å². The molecule has 0 spiro atoms. The van der Waals surface area contributed by atoms with E-state index in [9.17, 15) is 14.0 Å². The monoisotopic (exact) mass is 500 g/mol. The number of pyridine rings is 1. The van der Waals surface area contributed by atoms with E-state index in [1.54, 1.807) is 42.2 Å². The largest absolute Gasteiger partial charge is 0.441 e. The lowest BCUT2D eigenvalue weighted by Crippen LogP contribution is -2.19. The summed E-state index contributed by atoms with van der Waals surface area (Å²) in [5, 5.41) is 7.12. The highest BCUT2D eigenvalue weighted by Crippen LogP contribution is 2.32. The molecule has 0 bridgehead atoms. The minimum Gasteiger partial charge on any atom is -0.441 e. The summed E-state index contributed by atoms with van der Waals surface area (Å²) in [6.45, 7) is 3.62. The molecule has 9 heteroatoms. The van der Waals surface area contributed by atoms with Gasteiger partial charge in [0.1, 0.15) is 11.9 Å². The van der Waals surface area contributed by atoms with Gasteiger partial charge in [-0.15, -0.1) is 0 Å². The fourth-order valence-electron chi connectivity index (χ4n) is 3.79. The SMILES string of the molecule is Cc1cnn(-c2ccc(-c3ccc(OC(=O)C4CC4)c(F)c3)nc2)c1NC(=O)OC(C)c1ccccc1. The first kappa shape index (κ1) is 24.2. The van der Waals surface area contributed by atoms with Crippen LogP contribution < -0.4 is 10.1 Å². The molecule has 0 aliphatic heterocycles. The van der Waals surface area contributed by atoms with Crippen LogP contribution in [0.15, 0.2) is 73.1 Å². The summed E-state index contributed by atoms with van der Waals surface area (Å²) in [5.74, 6) is -0.782. The van der Waals surface area contributed by atoms with E-state index in [1.807, 2.05) is 37.3 Å². The van der Waals surface area contributed by atoms with Crippen molar-refractivity contribution in [3.63, 3.8) is 0 Å². The maximum Gasteiger partial charge on any atom is 0.413 e. The van der Waals surface area contributed by atoms with Crippen LogP contribution in [0.4, 0.5) is 15.0 Å². The molecule has 1 unspecified atom stereocenters. The molecule has 1 aliphatic carbocycles. The Morgan fingerprint density at radius 2 is 1.86 bits per heavy atom. The second-order valence-corrected chi connectivity index (χ2v) is 8.91. The third-order valence-corrected chi connectivity index (χ3v) is 6.07. The molecule has 2 aromatic carbocycles. The van der Waals surface area contributed by atoms with Crippen LogP contribution in [0.25, 0.3) is 16.9 Å². The van der Waals surface area contributed by atoms with Crippen molar-refractivity contribution in [1.82, 2.24) is 14.8 Å². The standard InChI is InChI=1S/C28H25FN4O4/c1-17-15-31-33(26(17)32-28(35)36-18(2)19-6-4-3-5-7-19)22-11-12-24(30-16-22)21-10-13-25(23(29)14-21)37-27(34)20-8-9-20/h3-7,10-16,18,20H,8-9H2,1-2H3,(H,32,35). The molecule has 5 rings (SSSR count). The number of halogens is 1. The Morgan fingerprint density at radius 1 is 1.08 bits per heavy atom. The van der Waals surface area contributed by atoms with Crippen LogP contribution in [0.3, 0.4) is 0 Å². The zero-order valence-electron chi connectivity index (χ0n) is 20.3. The molecule has 4 aromatic rings. The second kappa shape index (κ2) is 10.2. The average molecular weight is 501 g/mol. The van der Waals surface area contributed by atoms with Gasteiger partial charge in [0.25, 0.3) is 0 Å². The Kier molecular flexibility index (Phi) is 6.68. The topological polar surface area (TPSA) is 95.3 Å². The number of carbonyl (C=O) groups is 2. The summed E-state index contributed by atoms with van der Waals surface area (Å²) in [6, 6.07) is 17.3. The zero-order chi connectivity index (χ0) is 25.9. The minimum absolute atomic E-state index is 0.0894. The van der Waals surface area contributed by atoms with Crippen LogP contribution in [0.5, 0.6) is 5.75 Å². The highest BCUT2D eigenvalue weighted by molar-refractivity contribution is 5.85. The molecular weight excluding hydrogens is 475 g/mol. The number of hydrogen-bond donors (Lipinski definition) is 1. The quantitative estimate of drug-likeness (QED) is 0.247. The summed E-state index contributed by atoms with van der Waals surface area (Å²) in [7, 11) is 0. The third kappa shape index (κ3) is 5.50. The predicted octanol–water partition coefficient (Wildman–Crippen LogP) is 6.01. The van der Waals surface area contributed by atoms with Crippen LogP contribution in [0.2, 0.25) is 0 Å². The number of ether oxygens (including phenoxy) is 2. The number of anilines is 1. The van der Waals surface area contributed by atoms with Gasteiger partial charge in [0, 0.05) is 11.1 Å². The molecule has 8 nitrogen and oxygen atoms in total. The van der Waals surface area contributed by atoms with Gasteiger partial charge in [-0.05, 0) is 62.6 Å². The molecule has 0 radical (unpaired) electrons. The normalized spacial score (nSPS) is 13.6. The molecule has 1 aliphatic rings. The number of amides is 1. The molecule has 2 aromatic heterocycles. The molecule has 0 saturated heterocycles. The van der Waals surface area contributed by atoms with Gasteiger partial charge in [-0.2, -0.15) is 5.10 Å². The number of rotatable bonds is 7. The van der Waals surface area contributed by atoms with Crippen molar-refractivity contribution >= 4 is 17.9 Å². The van der Waals surface area contributed by atoms with Gasteiger partial charge in [-0.3, -0.25) is 15.1 Å². The van der Waals surface area contributed by atoms with Crippen molar-refractivity contribution in [2.24, 2.45) is 5.92 Å². The molecule has 1 N–H and O–H groups in total. The van der Waals surface area contributed by atoms with Crippen LogP contribution >= 0.6 is 0 Å². The van der Waals surface area contributed by atoms with Crippen molar-refractivity contribution in [3.8, 4) is 22.7 Å². The highest BCUT2D eigenvalue weighted by atomic mass is 19.1. The smallest absolute Gasteiger partial charge is 0.413 e. The van der Waals surface area contributed by atoms with E-state index >= 15 is 0 Å². The minimum atomic E-state index is -0.630. The van der Waals surface area contributed by atoms with Gasteiger partial charge < -0.3 is 9.47 Å². The number of esters is 1. The van der Waals surface area contributed by atoms with Gasteiger partial charge in [0.05, 0.1) is 29.7 Å². The number of nitrogens with zero attached hydrogens (tertiary/aromatic N) is 3. The Balaban J connectivity index is 1.29. The van der Waals surface area contributed by atoms with E-state index in [0.717, 1.165) is 24.0 Å². The lowest BCUT2D eigenvalue weighted by Gasteiger charge is -2.15. The molecule has 1 saturated carbocycles. The van der Waals surface area contributed by atoms with Crippen molar-refractivity contribution < 1.29 is 23.5 Å². The number of carbonyl (C=O) groups excluding carboxylic acids is 2. The van der Waals surface area contributed by atoms with E-state index < -0.39 is 24.0 Å². The third-order valence-electron chi connectivity index (χ3n) is 6.07. The number of benzene rings is 2. The molecule has 2 heterocycles. The van der Waals surface area contributed by atoms with Crippen LogP contribution in [0.1, 0.15) is 37.0 Å². The molecular formula is C28H25FN4O4. The first-order valence-corrected chi connectivity index (χ1v) is 11.9. The first-order chi connectivity index (χ1) is 17.9. The molecule has 1 fully saturated rings. The van der Waals surface area contributed by atoms with Crippen molar-refractivity contribution in [3.05, 3.63) is 90.0 Å². The van der Waals surface area contributed by atoms with Crippen molar-refractivity contribution in [2.45, 2.75) is 32.8 Å². The van der Waals surface area contributed by atoms with E-state index in [4.69, 9.17) is 9.47 Å². The summed E-state index contributed by atoms with van der Waals surface area (Å²) in [4.78, 5) is 28.8. The number of aryl methyl sites for hydroxylation is 1. The number of hydrogen-bond acceptors (Lipinski definition) is 6. The van der Waals surface area contributed by atoms with Crippen molar-refractivity contribution in [1.29, 1.82) is 0 Å². The number of nitrogens with one attached hydrogen (secondary N) is 1. The Labute approximate surface area is 213 Å². The van der Waals surface area contributed by atoms with E-state index in [0.29, 0.717) is 22.8 Å². The van der Waals surface area contributed by atoms with Gasteiger partial charge in [0.15, 0.2) is 11.6 Å². The van der Waals surface area contributed by atoms with Gasteiger partial charge >= 0.3 is 12.1 Å². The molecule has 1 amide bonds. The van der Waals surface area contributed by atoms with E-state index in [1.165, 1.54) is 12.1 Å². The summed E-state index contributed by atoms with van der Waals surface area (Å²) in [6.07, 6.45) is 3.74. The molecule has 37 heavy (non-hydrogen) atoms. The fourth-order valence-corrected chi connectivity index (χ4v) is 3.79. The lowest BCUT2D eigenvalue weighted by atomic mass is 10.1. The number of aromatic nitrogens is 3. The van der Waals surface area contributed by atoms with Gasteiger partial charge in [0.2, 0.25) is 0 Å². The Hall–Kier alpha value is -4.53. The Morgan fingerprint density at radius 3 is 2.54 bits per heavy atom. The molecule has 1 atom stereocenters. The zero-order valence-corrected chi connectivity index (χ0v) is 20.3.